The van der Waals surface area contributed by atoms with Crippen LogP contribution in [0.3, 0.4) is 0 Å². The lowest BCUT2D eigenvalue weighted by atomic mass is 9.90. The van der Waals surface area contributed by atoms with Crippen molar-refractivity contribution >= 4 is 15.7 Å². The minimum absolute atomic E-state index is 0.110. The first kappa shape index (κ1) is 21.8. The van der Waals surface area contributed by atoms with E-state index in [0.717, 1.165) is 58.0 Å². The van der Waals surface area contributed by atoms with Gasteiger partial charge in [0.15, 0.2) is 9.84 Å². The van der Waals surface area contributed by atoms with Gasteiger partial charge in [-0.2, -0.15) is 0 Å². The van der Waals surface area contributed by atoms with Crippen LogP contribution in [0.5, 0.6) is 0 Å². The molecule has 1 aromatic carbocycles. The summed E-state index contributed by atoms with van der Waals surface area (Å²) in [5, 5.41) is 0. The van der Waals surface area contributed by atoms with Crippen LogP contribution in [0, 0.1) is 5.92 Å². The Morgan fingerprint density at radius 1 is 0.933 bits per heavy atom. The first-order chi connectivity index (χ1) is 14.5. The van der Waals surface area contributed by atoms with Gasteiger partial charge in [-0.3, -0.25) is 9.69 Å². The predicted molar refractivity (Wildman–Crippen MR) is 120 cm³/mol. The molecular weight excluding hydrogens is 396 g/mol. The summed E-state index contributed by atoms with van der Waals surface area (Å²) >= 11 is 0. The average Bonchev–Trinajstić information content (AvgIpc) is 3.10. The van der Waals surface area contributed by atoms with E-state index in [9.17, 15) is 13.2 Å². The monoisotopic (exact) mass is 432 g/mol. The zero-order valence-corrected chi connectivity index (χ0v) is 18.9. The van der Waals surface area contributed by atoms with Crippen molar-refractivity contribution in [3.63, 3.8) is 0 Å². The SMILES string of the molecule is O=C(CN1CCC(Cc2ccccc2)CC1)N(C1CCCCC1)C1CCS(=O)(=O)C1. The van der Waals surface area contributed by atoms with Crippen LogP contribution in [0.1, 0.15) is 56.9 Å². The Hall–Kier alpha value is -1.40. The summed E-state index contributed by atoms with van der Waals surface area (Å²) in [6.45, 7) is 2.38. The Labute approximate surface area is 181 Å². The van der Waals surface area contributed by atoms with E-state index in [1.807, 2.05) is 4.90 Å². The number of carbonyl (C=O) groups is 1. The van der Waals surface area contributed by atoms with Gasteiger partial charge in [0.1, 0.15) is 0 Å². The van der Waals surface area contributed by atoms with E-state index in [2.05, 4.69) is 35.2 Å². The van der Waals surface area contributed by atoms with Crippen molar-refractivity contribution in [1.82, 2.24) is 9.80 Å². The van der Waals surface area contributed by atoms with Crippen molar-refractivity contribution in [2.24, 2.45) is 5.92 Å². The summed E-state index contributed by atoms with van der Waals surface area (Å²) in [7, 11) is -2.99. The Kier molecular flexibility index (Phi) is 7.14. The number of benzene rings is 1. The zero-order valence-electron chi connectivity index (χ0n) is 18.0. The van der Waals surface area contributed by atoms with Gasteiger partial charge in [0.05, 0.1) is 18.1 Å². The zero-order chi connectivity index (χ0) is 21.0. The number of amides is 1. The molecule has 3 fully saturated rings. The number of nitrogens with zero attached hydrogens (tertiary/aromatic N) is 2. The second kappa shape index (κ2) is 9.82. The van der Waals surface area contributed by atoms with E-state index in [4.69, 9.17) is 0 Å². The highest BCUT2D eigenvalue weighted by atomic mass is 32.2. The molecule has 1 aromatic rings. The van der Waals surface area contributed by atoms with Gasteiger partial charge in [-0.15, -0.1) is 0 Å². The number of carbonyl (C=O) groups excluding carboxylic acids is 1. The predicted octanol–water partition coefficient (Wildman–Crippen LogP) is 3.29. The Morgan fingerprint density at radius 2 is 1.63 bits per heavy atom. The number of hydrogen-bond donors (Lipinski definition) is 0. The van der Waals surface area contributed by atoms with Crippen LogP contribution in [0.15, 0.2) is 30.3 Å². The third-order valence-electron chi connectivity index (χ3n) is 7.29. The fourth-order valence-electron chi connectivity index (χ4n) is 5.63. The second-order valence-corrected chi connectivity index (χ2v) is 11.8. The highest BCUT2D eigenvalue weighted by Gasteiger charge is 2.39. The normalized spacial score (nSPS) is 25.9. The molecule has 30 heavy (non-hydrogen) atoms. The number of sulfone groups is 1. The van der Waals surface area contributed by atoms with E-state index >= 15 is 0 Å². The fraction of sp³-hybridized carbons (Fsp3) is 0.708. The van der Waals surface area contributed by atoms with E-state index in [0.29, 0.717) is 18.9 Å². The molecule has 1 unspecified atom stereocenters. The van der Waals surface area contributed by atoms with Crippen LogP contribution in [0.2, 0.25) is 0 Å². The molecular formula is C24H36N2O3S. The van der Waals surface area contributed by atoms with E-state index < -0.39 is 9.84 Å². The third kappa shape index (κ3) is 5.64. The number of hydrogen-bond acceptors (Lipinski definition) is 4. The van der Waals surface area contributed by atoms with Crippen LogP contribution >= 0.6 is 0 Å². The molecule has 1 aliphatic carbocycles. The molecule has 166 valence electrons. The van der Waals surface area contributed by atoms with Gasteiger partial charge in [0.2, 0.25) is 5.91 Å². The molecule has 0 bridgehead atoms. The van der Waals surface area contributed by atoms with Gasteiger partial charge < -0.3 is 4.90 Å². The fourth-order valence-corrected chi connectivity index (χ4v) is 7.34. The smallest absolute Gasteiger partial charge is 0.237 e. The molecule has 1 atom stereocenters. The molecule has 2 heterocycles. The van der Waals surface area contributed by atoms with Gasteiger partial charge in [0, 0.05) is 12.1 Å². The summed E-state index contributed by atoms with van der Waals surface area (Å²) in [5.41, 5.74) is 1.40. The average molecular weight is 433 g/mol. The summed E-state index contributed by atoms with van der Waals surface area (Å²) in [6, 6.07) is 10.8. The Balaban J connectivity index is 1.33. The molecule has 0 N–H and O–H groups in total. The van der Waals surface area contributed by atoms with Crippen LogP contribution in [0.4, 0.5) is 0 Å². The number of likely N-dealkylation sites (tertiary alicyclic amines) is 1. The maximum Gasteiger partial charge on any atom is 0.237 e. The lowest BCUT2D eigenvalue weighted by Crippen LogP contribution is -2.52. The van der Waals surface area contributed by atoms with E-state index in [1.54, 1.807) is 0 Å². The van der Waals surface area contributed by atoms with Gasteiger partial charge in [-0.25, -0.2) is 8.42 Å². The molecule has 2 aliphatic heterocycles. The second-order valence-electron chi connectivity index (χ2n) is 9.56. The summed E-state index contributed by atoms with van der Waals surface area (Å²) in [6.07, 6.45) is 9.59. The molecule has 5 nitrogen and oxygen atoms in total. The highest BCUT2D eigenvalue weighted by Crippen LogP contribution is 2.29. The van der Waals surface area contributed by atoms with Gasteiger partial charge in [-0.05, 0) is 63.1 Å². The quantitative estimate of drug-likeness (QED) is 0.692. The third-order valence-corrected chi connectivity index (χ3v) is 9.04. The molecule has 0 aromatic heterocycles. The van der Waals surface area contributed by atoms with Gasteiger partial charge in [-0.1, -0.05) is 49.6 Å². The number of rotatable bonds is 6. The Morgan fingerprint density at radius 3 is 2.27 bits per heavy atom. The molecule has 3 aliphatic rings. The van der Waals surface area contributed by atoms with Crippen molar-refractivity contribution in [2.45, 2.75) is 69.9 Å². The van der Waals surface area contributed by atoms with Gasteiger partial charge in [0.25, 0.3) is 0 Å². The largest absolute Gasteiger partial charge is 0.335 e. The summed E-state index contributed by atoms with van der Waals surface area (Å²) < 4.78 is 24.2. The van der Waals surface area contributed by atoms with Crippen molar-refractivity contribution in [2.75, 3.05) is 31.1 Å². The van der Waals surface area contributed by atoms with Crippen LogP contribution in [-0.4, -0.2) is 67.3 Å². The van der Waals surface area contributed by atoms with E-state index in [-0.39, 0.29) is 29.5 Å². The summed E-state index contributed by atoms with van der Waals surface area (Å²) in [5.74, 6) is 1.24. The highest BCUT2D eigenvalue weighted by molar-refractivity contribution is 7.91. The van der Waals surface area contributed by atoms with Crippen molar-refractivity contribution in [1.29, 1.82) is 0 Å². The maximum atomic E-state index is 13.4. The first-order valence-electron chi connectivity index (χ1n) is 11.8. The minimum atomic E-state index is -2.99. The number of piperidine rings is 1. The molecule has 2 saturated heterocycles. The van der Waals surface area contributed by atoms with Crippen molar-refractivity contribution in [3.8, 4) is 0 Å². The lowest BCUT2D eigenvalue weighted by molar-refractivity contribution is -0.138. The molecule has 0 radical (unpaired) electrons. The molecule has 0 spiro atoms. The van der Waals surface area contributed by atoms with Crippen molar-refractivity contribution < 1.29 is 13.2 Å². The standard InChI is InChI=1S/C24H36N2O3S/c27-24(18-25-14-11-21(12-15-25)17-20-7-3-1-4-8-20)26(22-9-5-2-6-10-22)23-13-16-30(28,29)19-23/h1,3-4,7-8,21-23H,2,5-6,9-19H2. The van der Waals surface area contributed by atoms with Crippen LogP contribution in [0.25, 0.3) is 0 Å². The minimum Gasteiger partial charge on any atom is -0.335 e. The Bertz CT molecular complexity index is 797. The van der Waals surface area contributed by atoms with Crippen LogP contribution < -0.4 is 0 Å². The molecule has 6 heteroatoms. The molecule has 1 saturated carbocycles. The van der Waals surface area contributed by atoms with Crippen LogP contribution in [-0.2, 0) is 21.1 Å². The molecule has 1 amide bonds. The van der Waals surface area contributed by atoms with Crippen molar-refractivity contribution in [3.05, 3.63) is 35.9 Å². The topological polar surface area (TPSA) is 57.7 Å². The van der Waals surface area contributed by atoms with Gasteiger partial charge >= 0.3 is 0 Å². The summed E-state index contributed by atoms with van der Waals surface area (Å²) in [4.78, 5) is 17.7. The maximum absolute atomic E-state index is 13.4. The lowest BCUT2D eigenvalue weighted by Gasteiger charge is -2.40. The van der Waals surface area contributed by atoms with E-state index in [1.165, 1.54) is 12.0 Å². The first-order valence-corrected chi connectivity index (χ1v) is 13.6. The molecule has 4 rings (SSSR count).